The molecule has 1 fully saturated rings. The van der Waals surface area contributed by atoms with Gasteiger partial charge in [-0.25, -0.2) is 13.6 Å². The number of morpholine rings is 1. The molecular weight excluding hydrogens is 525 g/mol. The summed E-state index contributed by atoms with van der Waals surface area (Å²) in [6.45, 7) is 3.11. The van der Waals surface area contributed by atoms with Crippen molar-refractivity contribution in [3.63, 3.8) is 0 Å². The fraction of sp³-hybridized carbons (Fsp3) is 0.333. The lowest BCUT2D eigenvalue weighted by Gasteiger charge is -2.35. The van der Waals surface area contributed by atoms with Crippen LogP contribution in [0.1, 0.15) is 18.1 Å². The van der Waals surface area contributed by atoms with Gasteiger partial charge >= 0.3 is 11.9 Å². The lowest BCUT2D eigenvalue weighted by molar-refractivity contribution is -0.137. The number of anilines is 1. The molecule has 0 unspecified atom stereocenters. The molecule has 0 radical (unpaired) electrons. The molecule has 0 bridgehead atoms. The van der Waals surface area contributed by atoms with Gasteiger partial charge < -0.3 is 19.1 Å². The molecule has 0 amide bonds. The van der Waals surface area contributed by atoms with Gasteiger partial charge in [0.1, 0.15) is 18.2 Å². The molecule has 3 aromatic rings. The first kappa shape index (κ1) is 26.7. The van der Waals surface area contributed by atoms with Gasteiger partial charge in [0.05, 0.1) is 29.8 Å². The molecule has 0 aliphatic carbocycles. The van der Waals surface area contributed by atoms with Crippen LogP contribution in [0.25, 0.3) is 0 Å². The summed E-state index contributed by atoms with van der Waals surface area (Å²) in [4.78, 5) is 18.2. The van der Waals surface area contributed by atoms with Crippen LogP contribution in [-0.2, 0) is 24.6 Å². The number of hydrogen-bond donors (Lipinski definition) is 0. The van der Waals surface area contributed by atoms with Crippen molar-refractivity contribution in [1.82, 2.24) is 9.55 Å². The average Bonchev–Trinajstić information content (AvgIpc) is 2.83. The van der Waals surface area contributed by atoms with Crippen molar-refractivity contribution in [1.29, 1.82) is 0 Å². The fourth-order valence-corrected chi connectivity index (χ4v) is 4.00. The Morgan fingerprint density at radius 3 is 2.51 bits per heavy atom. The normalized spacial score (nSPS) is 16.1. The molecular formula is C24H21ClF5N3O4. The molecule has 2 heterocycles. The third kappa shape index (κ3) is 5.96. The van der Waals surface area contributed by atoms with E-state index in [4.69, 9.17) is 25.8 Å². The maximum absolute atomic E-state index is 14.6. The first-order valence-corrected chi connectivity index (χ1v) is 11.4. The Morgan fingerprint density at radius 1 is 1.16 bits per heavy atom. The number of ether oxygens (including phenoxy) is 3. The molecule has 37 heavy (non-hydrogen) atoms. The van der Waals surface area contributed by atoms with Crippen LogP contribution in [0.3, 0.4) is 0 Å². The van der Waals surface area contributed by atoms with Gasteiger partial charge in [-0.3, -0.25) is 4.57 Å². The number of halogens is 6. The van der Waals surface area contributed by atoms with Crippen molar-refractivity contribution < 1.29 is 36.2 Å². The van der Waals surface area contributed by atoms with Crippen LogP contribution in [0.4, 0.5) is 27.8 Å². The van der Waals surface area contributed by atoms with Crippen molar-refractivity contribution >= 4 is 17.4 Å². The Balaban J connectivity index is 1.52. The minimum atomic E-state index is -4.78. The number of benzene rings is 2. The quantitative estimate of drug-likeness (QED) is 0.390. The van der Waals surface area contributed by atoms with Gasteiger partial charge in [0.25, 0.3) is 0 Å². The second kappa shape index (κ2) is 10.5. The zero-order valence-electron chi connectivity index (χ0n) is 19.6. The zero-order chi connectivity index (χ0) is 26.9. The van der Waals surface area contributed by atoms with Crippen molar-refractivity contribution in [2.24, 2.45) is 7.05 Å². The van der Waals surface area contributed by atoms with Crippen LogP contribution in [0, 0.1) is 11.6 Å². The molecule has 4 rings (SSSR count). The summed E-state index contributed by atoms with van der Waals surface area (Å²) in [7, 11) is 1.57. The zero-order valence-corrected chi connectivity index (χ0v) is 20.4. The predicted octanol–water partition coefficient (Wildman–Crippen LogP) is 5.33. The maximum atomic E-state index is 14.6. The average molecular weight is 546 g/mol. The highest BCUT2D eigenvalue weighted by molar-refractivity contribution is 6.31. The molecule has 198 valence electrons. The SMILES string of the molecule is C[C@H]1COCCN1c1cc(OCc2cc(F)c(Oc3ccc(Cl)c(C(F)(F)F)c3)c(F)c2)nc(=O)n1C. The molecule has 1 atom stereocenters. The Kier molecular flexibility index (Phi) is 7.60. The van der Waals surface area contributed by atoms with Gasteiger partial charge in [-0.05, 0) is 42.8 Å². The third-order valence-corrected chi connectivity index (χ3v) is 5.99. The summed E-state index contributed by atoms with van der Waals surface area (Å²) in [5, 5.41) is -0.580. The van der Waals surface area contributed by atoms with E-state index in [0.29, 0.717) is 31.6 Å². The van der Waals surface area contributed by atoms with Gasteiger partial charge in [-0.15, -0.1) is 0 Å². The topological polar surface area (TPSA) is 65.8 Å². The van der Waals surface area contributed by atoms with Gasteiger partial charge in [-0.2, -0.15) is 18.2 Å². The van der Waals surface area contributed by atoms with E-state index in [1.165, 1.54) is 4.57 Å². The van der Waals surface area contributed by atoms with Gasteiger partial charge in [0.15, 0.2) is 17.4 Å². The van der Waals surface area contributed by atoms with Crippen LogP contribution >= 0.6 is 11.6 Å². The number of nitrogens with zero attached hydrogens (tertiary/aromatic N) is 3. The van der Waals surface area contributed by atoms with Gasteiger partial charge in [0.2, 0.25) is 5.88 Å². The lowest BCUT2D eigenvalue weighted by atomic mass is 10.2. The van der Waals surface area contributed by atoms with E-state index in [-0.39, 0.29) is 24.1 Å². The monoisotopic (exact) mass is 545 g/mol. The van der Waals surface area contributed by atoms with E-state index in [9.17, 15) is 26.7 Å². The van der Waals surface area contributed by atoms with Crippen LogP contribution in [0.15, 0.2) is 41.2 Å². The fourth-order valence-electron chi connectivity index (χ4n) is 3.78. The first-order valence-electron chi connectivity index (χ1n) is 11.0. The molecule has 0 saturated carbocycles. The van der Waals surface area contributed by atoms with E-state index >= 15 is 0 Å². The Bertz CT molecular complexity index is 1340. The first-order chi connectivity index (χ1) is 17.4. The predicted molar refractivity (Wildman–Crippen MR) is 124 cm³/mol. The minimum absolute atomic E-state index is 0.00168. The maximum Gasteiger partial charge on any atom is 0.417 e. The summed E-state index contributed by atoms with van der Waals surface area (Å²) in [5.41, 5.74) is -1.74. The van der Waals surface area contributed by atoms with Crippen LogP contribution in [0.5, 0.6) is 17.4 Å². The molecule has 1 saturated heterocycles. The third-order valence-electron chi connectivity index (χ3n) is 5.66. The molecule has 2 aromatic carbocycles. The van der Waals surface area contributed by atoms with Crippen molar-refractivity contribution in [2.45, 2.75) is 25.7 Å². The van der Waals surface area contributed by atoms with Crippen LogP contribution in [0.2, 0.25) is 5.02 Å². The van der Waals surface area contributed by atoms with E-state index in [2.05, 4.69) is 4.98 Å². The Morgan fingerprint density at radius 2 is 1.86 bits per heavy atom. The molecule has 1 aliphatic rings. The highest BCUT2D eigenvalue weighted by Gasteiger charge is 2.34. The second-order valence-corrected chi connectivity index (χ2v) is 8.74. The number of aromatic nitrogens is 2. The minimum Gasteiger partial charge on any atom is -0.473 e. The van der Waals surface area contributed by atoms with Crippen LogP contribution in [-0.4, -0.2) is 35.4 Å². The van der Waals surface area contributed by atoms with Gasteiger partial charge in [0, 0.05) is 19.7 Å². The van der Waals surface area contributed by atoms with Crippen molar-refractivity contribution in [3.05, 3.63) is 74.7 Å². The van der Waals surface area contributed by atoms with Crippen LogP contribution < -0.4 is 20.1 Å². The van der Waals surface area contributed by atoms with Gasteiger partial charge in [-0.1, -0.05) is 11.6 Å². The summed E-state index contributed by atoms with van der Waals surface area (Å²) in [6.07, 6.45) is -4.78. The molecule has 1 aliphatic heterocycles. The molecule has 13 heteroatoms. The molecule has 1 aromatic heterocycles. The van der Waals surface area contributed by atoms with E-state index < -0.39 is 45.6 Å². The Hall–Kier alpha value is -3.38. The number of alkyl halides is 3. The molecule has 0 N–H and O–H groups in total. The summed E-state index contributed by atoms with van der Waals surface area (Å²) in [5.74, 6) is -3.17. The van der Waals surface area contributed by atoms with E-state index in [0.717, 1.165) is 24.3 Å². The summed E-state index contributed by atoms with van der Waals surface area (Å²) in [6, 6.07) is 5.88. The lowest BCUT2D eigenvalue weighted by Crippen LogP contribution is -2.46. The second-order valence-electron chi connectivity index (χ2n) is 8.33. The summed E-state index contributed by atoms with van der Waals surface area (Å²) < 4.78 is 85.9. The highest BCUT2D eigenvalue weighted by atomic mass is 35.5. The van der Waals surface area contributed by atoms with E-state index in [1.54, 1.807) is 13.1 Å². The van der Waals surface area contributed by atoms with Crippen molar-refractivity contribution in [2.75, 3.05) is 24.7 Å². The Labute approximate surface area is 213 Å². The molecule has 0 spiro atoms. The summed E-state index contributed by atoms with van der Waals surface area (Å²) >= 11 is 5.56. The largest absolute Gasteiger partial charge is 0.473 e. The standard InChI is InChI=1S/C24H21ClF5N3O4/c1-13-11-35-6-5-33(13)21-10-20(31-23(34)32(21)2)36-12-14-7-18(26)22(19(27)8-14)37-15-3-4-17(25)16(9-15)24(28,29)30/h3-4,7-10,13H,5-6,11-12H2,1-2H3/t13-/m0/s1. The van der Waals surface area contributed by atoms with E-state index in [1.807, 2.05) is 11.8 Å². The number of hydrogen-bond acceptors (Lipinski definition) is 6. The smallest absolute Gasteiger partial charge is 0.417 e. The highest BCUT2D eigenvalue weighted by Crippen LogP contribution is 2.38. The number of rotatable bonds is 6. The van der Waals surface area contributed by atoms with Crippen molar-refractivity contribution in [3.8, 4) is 17.4 Å². The molecule has 7 nitrogen and oxygen atoms in total.